The number of hydrogen-bond acceptors (Lipinski definition) is 5. The number of likely N-dealkylation sites (tertiary alicyclic amines) is 1. The monoisotopic (exact) mass is 593 g/mol. The molecule has 1 saturated heterocycles. The Kier molecular flexibility index (Phi) is 12.3. The van der Waals surface area contributed by atoms with Crippen molar-refractivity contribution in [3.05, 3.63) is 83.9 Å². The number of rotatable bonds is 14. The lowest BCUT2D eigenvalue weighted by molar-refractivity contribution is 0.0584. The smallest absolute Gasteiger partial charge is 0.411 e. The maximum Gasteiger partial charge on any atom is 0.411 e. The Morgan fingerprint density at radius 3 is 2.23 bits per heavy atom. The van der Waals surface area contributed by atoms with Gasteiger partial charge in [-0.15, -0.1) is 0 Å². The van der Waals surface area contributed by atoms with Crippen LogP contribution >= 0.6 is 0 Å². The molecule has 4 rings (SSSR count). The Labute approximate surface area is 252 Å². The third-order valence-electron chi connectivity index (χ3n) is 7.81. The van der Waals surface area contributed by atoms with Crippen LogP contribution in [0.1, 0.15) is 68.1 Å². The van der Waals surface area contributed by atoms with Crippen molar-refractivity contribution < 1.29 is 28.2 Å². The highest BCUT2D eigenvalue weighted by molar-refractivity contribution is 5.96. The number of phenolic OH excluding ortho intramolecular Hbond substituents is 1. The molecule has 1 aliphatic rings. The number of ether oxygens (including phenoxy) is 1. The Morgan fingerprint density at radius 2 is 1.49 bits per heavy atom. The molecule has 7 nitrogen and oxygen atoms in total. The van der Waals surface area contributed by atoms with Crippen LogP contribution in [0.5, 0.6) is 5.75 Å². The summed E-state index contributed by atoms with van der Waals surface area (Å²) in [7, 11) is 0. The SMILES string of the molecule is O=C(Nc1ccccc1-c1ccccc1)OC1CCN(CCCCCCCCCNC(=O)c2ccc(F)c(F)c2O)CC1. The number of anilines is 1. The number of aromatic hydroxyl groups is 1. The molecule has 1 heterocycles. The average molecular weight is 594 g/mol. The maximum absolute atomic E-state index is 13.4. The second kappa shape index (κ2) is 16.6. The number of nitrogens with zero attached hydrogens (tertiary/aromatic N) is 1. The highest BCUT2D eigenvalue weighted by atomic mass is 19.2. The van der Waals surface area contributed by atoms with Crippen LogP contribution in [0.2, 0.25) is 0 Å². The quantitative estimate of drug-likeness (QED) is 0.168. The predicted molar refractivity (Wildman–Crippen MR) is 164 cm³/mol. The number of nitrogens with one attached hydrogen (secondary N) is 2. The molecule has 0 spiro atoms. The molecule has 2 amide bonds. The van der Waals surface area contributed by atoms with Crippen molar-refractivity contribution in [1.29, 1.82) is 0 Å². The van der Waals surface area contributed by atoms with Gasteiger partial charge in [-0.1, -0.05) is 80.6 Å². The molecule has 1 aliphatic heterocycles. The molecule has 1 fully saturated rings. The number of halogens is 2. The minimum Gasteiger partial charge on any atom is -0.504 e. The van der Waals surface area contributed by atoms with Crippen LogP contribution in [-0.2, 0) is 4.74 Å². The van der Waals surface area contributed by atoms with E-state index in [9.17, 15) is 23.5 Å². The van der Waals surface area contributed by atoms with Gasteiger partial charge in [-0.25, -0.2) is 9.18 Å². The molecular weight excluding hydrogens is 552 g/mol. The molecule has 0 bridgehead atoms. The first-order valence-corrected chi connectivity index (χ1v) is 15.2. The highest BCUT2D eigenvalue weighted by Gasteiger charge is 2.22. The van der Waals surface area contributed by atoms with E-state index < -0.39 is 29.4 Å². The van der Waals surface area contributed by atoms with E-state index in [1.54, 1.807) is 0 Å². The van der Waals surface area contributed by atoms with Crippen LogP contribution in [0.15, 0.2) is 66.7 Å². The van der Waals surface area contributed by atoms with E-state index in [2.05, 4.69) is 15.5 Å². The van der Waals surface area contributed by atoms with Crippen molar-refractivity contribution in [2.75, 3.05) is 31.5 Å². The molecular formula is C34H41F2N3O4. The van der Waals surface area contributed by atoms with Gasteiger partial charge in [-0.2, -0.15) is 4.39 Å². The van der Waals surface area contributed by atoms with E-state index in [1.807, 2.05) is 54.6 Å². The van der Waals surface area contributed by atoms with Crippen molar-refractivity contribution in [3.63, 3.8) is 0 Å². The minimum atomic E-state index is -1.41. The van der Waals surface area contributed by atoms with Gasteiger partial charge in [0.05, 0.1) is 11.3 Å². The molecule has 0 saturated carbocycles. The molecule has 0 aromatic heterocycles. The number of unbranched alkanes of at least 4 members (excludes halogenated alkanes) is 6. The summed E-state index contributed by atoms with van der Waals surface area (Å²) < 4.78 is 32.3. The Bertz CT molecular complexity index is 1330. The van der Waals surface area contributed by atoms with Gasteiger partial charge in [0.2, 0.25) is 5.82 Å². The van der Waals surface area contributed by atoms with Crippen LogP contribution in [-0.4, -0.2) is 54.3 Å². The Balaban J connectivity index is 1.01. The second-order valence-electron chi connectivity index (χ2n) is 11.0. The molecule has 0 aliphatic carbocycles. The van der Waals surface area contributed by atoms with Gasteiger partial charge in [0.1, 0.15) is 6.10 Å². The van der Waals surface area contributed by atoms with Gasteiger partial charge in [-0.05, 0) is 56.0 Å². The van der Waals surface area contributed by atoms with Gasteiger partial charge in [0.15, 0.2) is 11.6 Å². The molecule has 0 unspecified atom stereocenters. The van der Waals surface area contributed by atoms with Gasteiger partial charge in [-0.3, -0.25) is 10.1 Å². The molecule has 43 heavy (non-hydrogen) atoms. The lowest BCUT2D eigenvalue weighted by Gasteiger charge is -2.31. The zero-order valence-electron chi connectivity index (χ0n) is 24.5. The van der Waals surface area contributed by atoms with Crippen molar-refractivity contribution in [2.45, 2.75) is 63.9 Å². The number of carbonyl (C=O) groups excluding carboxylic acids is 2. The normalized spacial score (nSPS) is 13.9. The molecule has 3 N–H and O–H groups in total. The summed E-state index contributed by atoms with van der Waals surface area (Å²) in [5.74, 6) is -4.17. The first-order valence-electron chi connectivity index (χ1n) is 15.2. The molecule has 230 valence electrons. The third-order valence-corrected chi connectivity index (χ3v) is 7.81. The number of carbonyl (C=O) groups is 2. The predicted octanol–water partition coefficient (Wildman–Crippen LogP) is 7.51. The van der Waals surface area contributed by atoms with Crippen LogP contribution in [0.25, 0.3) is 11.1 Å². The molecule has 9 heteroatoms. The number of benzene rings is 3. The molecule has 0 atom stereocenters. The molecule has 3 aromatic rings. The van der Waals surface area contributed by atoms with E-state index in [4.69, 9.17) is 4.74 Å². The average Bonchev–Trinajstić information content (AvgIpc) is 3.02. The summed E-state index contributed by atoms with van der Waals surface area (Å²) in [5, 5.41) is 15.2. The highest BCUT2D eigenvalue weighted by Crippen LogP contribution is 2.28. The number of para-hydroxylation sites is 1. The van der Waals surface area contributed by atoms with Gasteiger partial charge in [0.25, 0.3) is 5.91 Å². The fourth-order valence-corrected chi connectivity index (χ4v) is 5.37. The zero-order valence-corrected chi connectivity index (χ0v) is 24.5. The summed E-state index contributed by atoms with van der Waals surface area (Å²) in [6, 6.07) is 19.6. The van der Waals surface area contributed by atoms with Gasteiger partial charge >= 0.3 is 6.09 Å². The van der Waals surface area contributed by atoms with Crippen LogP contribution < -0.4 is 10.6 Å². The lowest BCUT2D eigenvalue weighted by Crippen LogP contribution is -2.38. The number of amides is 2. The van der Waals surface area contributed by atoms with Crippen molar-refractivity contribution in [2.24, 2.45) is 0 Å². The summed E-state index contributed by atoms with van der Waals surface area (Å²) in [4.78, 5) is 27.1. The fourth-order valence-electron chi connectivity index (χ4n) is 5.37. The topological polar surface area (TPSA) is 90.9 Å². The van der Waals surface area contributed by atoms with Gasteiger partial charge in [0, 0.05) is 25.2 Å². The van der Waals surface area contributed by atoms with E-state index in [-0.39, 0.29) is 11.7 Å². The van der Waals surface area contributed by atoms with Crippen molar-refractivity contribution in [3.8, 4) is 16.9 Å². The van der Waals surface area contributed by atoms with Gasteiger partial charge < -0.3 is 20.1 Å². The van der Waals surface area contributed by atoms with Crippen molar-refractivity contribution >= 4 is 17.7 Å². The summed E-state index contributed by atoms with van der Waals surface area (Å²) in [6.07, 6.45) is 8.55. The zero-order chi connectivity index (χ0) is 30.4. The van der Waals surface area contributed by atoms with Crippen LogP contribution in [0.4, 0.5) is 19.3 Å². The summed E-state index contributed by atoms with van der Waals surface area (Å²) >= 11 is 0. The van der Waals surface area contributed by atoms with E-state index in [0.717, 1.165) is 106 Å². The first-order chi connectivity index (χ1) is 20.9. The standard InChI is InChI=1S/C34H41F2N3O4/c35-29-18-17-28(32(40)31(29)36)33(41)37-21-11-4-2-1-3-5-12-22-39-23-19-26(20-24-39)43-34(42)38-30-16-10-9-15-27(30)25-13-7-6-8-14-25/h6-10,13-18,26,40H,1-5,11-12,19-24H2,(H,37,41)(H,38,42). The van der Waals surface area contributed by atoms with E-state index in [1.165, 1.54) is 0 Å². The third kappa shape index (κ3) is 9.78. The largest absolute Gasteiger partial charge is 0.504 e. The Morgan fingerprint density at radius 1 is 0.837 bits per heavy atom. The number of hydrogen-bond donors (Lipinski definition) is 3. The van der Waals surface area contributed by atoms with Crippen molar-refractivity contribution in [1.82, 2.24) is 10.2 Å². The lowest BCUT2D eigenvalue weighted by atomic mass is 10.0. The summed E-state index contributed by atoms with van der Waals surface area (Å²) in [6.45, 7) is 3.31. The minimum absolute atomic E-state index is 0.0764. The maximum atomic E-state index is 13.4. The van der Waals surface area contributed by atoms with Crippen LogP contribution in [0.3, 0.4) is 0 Å². The van der Waals surface area contributed by atoms with Crippen LogP contribution in [0, 0.1) is 11.6 Å². The fraction of sp³-hybridized carbons (Fsp3) is 0.412. The van der Waals surface area contributed by atoms with E-state index >= 15 is 0 Å². The number of piperidine rings is 1. The number of phenols is 1. The summed E-state index contributed by atoms with van der Waals surface area (Å²) in [5.41, 5.74) is 2.48. The molecule has 3 aromatic carbocycles. The first kappa shape index (κ1) is 31.9. The van der Waals surface area contributed by atoms with E-state index in [0.29, 0.717) is 6.54 Å². The Hall–Kier alpha value is -3.98. The molecule has 0 radical (unpaired) electrons. The second-order valence-corrected chi connectivity index (χ2v) is 11.0.